The van der Waals surface area contributed by atoms with Gasteiger partial charge < -0.3 is 10.1 Å². The molecule has 7 heteroatoms. The number of thiazole rings is 1. The minimum atomic E-state index is -0.269. The van der Waals surface area contributed by atoms with Gasteiger partial charge in [-0.1, -0.05) is 48.5 Å². The fourth-order valence-corrected chi connectivity index (χ4v) is 4.35. The molecule has 1 aliphatic heterocycles. The van der Waals surface area contributed by atoms with Crippen molar-refractivity contribution in [2.45, 2.75) is 13.1 Å². The highest BCUT2D eigenvalue weighted by atomic mass is 32.1. The zero-order chi connectivity index (χ0) is 22.6. The van der Waals surface area contributed by atoms with Gasteiger partial charge in [0.2, 0.25) is 0 Å². The Bertz CT molecular complexity index is 1300. The maximum atomic E-state index is 5.27. The molecule has 0 spiro atoms. The lowest BCUT2D eigenvalue weighted by atomic mass is 10.1. The largest absolute Gasteiger partial charge is 0.497 e. The van der Waals surface area contributed by atoms with Crippen molar-refractivity contribution in [1.29, 1.82) is 0 Å². The van der Waals surface area contributed by atoms with Crippen LogP contribution in [0.3, 0.4) is 0 Å². The van der Waals surface area contributed by atoms with Crippen LogP contribution in [-0.4, -0.2) is 29.2 Å². The number of hydrogen-bond donors (Lipinski definition) is 1. The van der Waals surface area contributed by atoms with Crippen LogP contribution in [0.25, 0.3) is 0 Å². The van der Waals surface area contributed by atoms with Gasteiger partial charge in [0.1, 0.15) is 5.75 Å². The lowest BCUT2D eigenvalue weighted by Gasteiger charge is -2.35. The van der Waals surface area contributed by atoms with E-state index in [9.17, 15) is 0 Å². The van der Waals surface area contributed by atoms with Crippen LogP contribution in [0.2, 0.25) is 0 Å². The number of para-hydroxylation sites is 1. The average molecular weight is 454 g/mol. The van der Waals surface area contributed by atoms with Crippen LogP contribution < -0.4 is 10.1 Å². The number of aliphatic imine (C=N–C) groups is 1. The Hall–Kier alpha value is -3.97. The lowest BCUT2D eigenvalue weighted by molar-refractivity contribution is 0.360. The number of aryl methyl sites for hydroxylation is 1. The molecule has 1 atom stereocenters. The van der Waals surface area contributed by atoms with E-state index in [2.05, 4.69) is 16.4 Å². The Kier molecular flexibility index (Phi) is 5.87. The summed E-state index contributed by atoms with van der Waals surface area (Å²) in [7, 11) is 1.66. The summed E-state index contributed by atoms with van der Waals surface area (Å²) in [4.78, 5) is 9.61. The van der Waals surface area contributed by atoms with Crippen molar-refractivity contribution in [3.63, 3.8) is 0 Å². The first-order chi connectivity index (χ1) is 16.2. The van der Waals surface area contributed by atoms with E-state index in [1.165, 1.54) is 0 Å². The first-order valence-corrected chi connectivity index (χ1v) is 11.5. The predicted molar refractivity (Wildman–Crippen MR) is 135 cm³/mol. The molecule has 0 aliphatic carbocycles. The van der Waals surface area contributed by atoms with Gasteiger partial charge in [-0.05, 0) is 42.8 Å². The highest BCUT2D eigenvalue weighted by molar-refractivity contribution is 7.13. The van der Waals surface area contributed by atoms with E-state index < -0.39 is 0 Å². The molecule has 0 saturated heterocycles. The van der Waals surface area contributed by atoms with Crippen molar-refractivity contribution in [2.24, 2.45) is 10.1 Å². The molecule has 5 rings (SSSR count). The molecule has 2 heterocycles. The van der Waals surface area contributed by atoms with Crippen molar-refractivity contribution >= 4 is 34.2 Å². The normalized spacial score (nSPS) is 15.3. The topological polar surface area (TPSA) is 62.1 Å². The Balaban J connectivity index is 1.60. The molecular weight excluding hydrogens is 430 g/mol. The number of rotatable bonds is 6. The molecule has 0 fully saturated rings. The number of nitrogens with zero attached hydrogens (tertiary/aromatic N) is 4. The number of amidine groups is 1. The molecule has 6 nitrogen and oxygen atoms in total. The predicted octanol–water partition coefficient (Wildman–Crippen LogP) is 6.00. The summed E-state index contributed by atoms with van der Waals surface area (Å²) in [6.45, 7) is 1.99. The molecule has 3 aromatic carbocycles. The van der Waals surface area contributed by atoms with Crippen LogP contribution in [0.1, 0.15) is 28.6 Å². The van der Waals surface area contributed by atoms with Gasteiger partial charge in [0.25, 0.3) is 0 Å². The van der Waals surface area contributed by atoms with Gasteiger partial charge in [0.05, 0.1) is 24.7 Å². The van der Waals surface area contributed by atoms with E-state index in [4.69, 9.17) is 14.8 Å². The van der Waals surface area contributed by atoms with E-state index in [1.54, 1.807) is 18.4 Å². The maximum Gasteiger partial charge on any atom is 0.184 e. The van der Waals surface area contributed by atoms with Crippen LogP contribution in [0.5, 0.6) is 5.75 Å². The first kappa shape index (κ1) is 20.9. The fraction of sp³-hybridized carbons (Fsp3) is 0.115. The van der Waals surface area contributed by atoms with Crippen LogP contribution in [0.15, 0.2) is 94.3 Å². The van der Waals surface area contributed by atoms with Gasteiger partial charge in [-0.2, -0.15) is 5.10 Å². The molecule has 164 valence electrons. The molecule has 1 unspecified atom stereocenters. The molecule has 0 saturated carbocycles. The van der Waals surface area contributed by atoms with Crippen molar-refractivity contribution in [3.8, 4) is 5.75 Å². The Morgan fingerprint density at radius 2 is 1.76 bits per heavy atom. The Labute approximate surface area is 196 Å². The summed E-state index contributed by atoms with van der Waals surface area (Å²) >= 11 is 1.58. The van der Waals surface area contributed by atoms with Crippen LogP contribution in [-0.2, 0) is 0 Å². The molecule has 1 aromatic heterocycles. The number of aromatic nitrogens is 1. The summed E-state index contributed by atoms with van der Waals surface area (Å²) in [5.41, 5.74) is 4.89. The zero-order valence-corrected chi connectivity index (χ0v) is 19.2. The average Bonchev–Trinajstić information content (AvgIpc) is 3.28. The molecule has 0 radical (unpaired) electrons. The van der Waals surface area contributed by atoms with Crippen molar-refractivity contribution in [2.75, 3.05) is 12.4 Å². The van der Waals surface area contributed by atoms with Gasteiger partial charge in [-0.3, -0.25) is 0 Å². The van der Waals surface area contributed by atoms with E-state index in [-0.39, 0.29) is 6.17 Å². The lowest BCUT2D eigenvalue weighted by Crippen LogP contribution is -2.38. The number of ether oxygens (including phenoxy) is 1. The van der Waals surface area contributed by atoms with Crippen molar-refractivity contribution in [3.05, 3.63) is 107 Å². The molecule has 0 amide bonds. The monoisotopic (exact) mass is 453 g/mol. The van der Waals surface area contributed by atoms with Gasteiger partial charge in [-0.25, -0.2) is 15.0 Å². The number of fused-ring (bicyclic) bond motifs is 1. The Morgan fingerprint density at radius 1 is 1.00 bits per heavy atom. The summed E-state index contributed by atoms with van der Waals surface area (Å²) < 4.78 is 5.27. The minimum Gasteiger partial charge on any atom is -0.497 e. The van der Waals surface area contributed by atoms with E-state index in [0.717, 1.165) is 44.8 Å². The number of methoxy groups -OCH3 is 1. The standard InChI is InChI=1S/C26H23N5OS/c1-18-17-33-26(28-18)30-25-22-10-6-7-11-23(22)29-24(20-8-4-3-5-9-20)31(25)27-16-19-12-14-21(32-2)15-13-19/h3-17,25H,1-2H3,(H,28,30)/b27-16+. The fourth-order valence-electron chi connectivity index (χ4n) is 3.64. The second-order valence-corrected chi connectivity index (χ2v) is 8.42. The number of benzene rings is 3. The van der Waals surface area contributed by atoms with Crippen LogP contribution in [0, 0.1) is 6.92 Å². The summed E-state index contributed by atoms with van der Waals surface area (Å²) in [5, 5.41) is 13.3. The molecule has 33 heavy (non-hydrogen) atoms. The summed E-state index contributed by atoms with van der Waals surface area (Å²) in [5.74, 6) is 1.58. The second kappa shape index (κ2) is 9.26. The van der Waals surface area contributed by atoms with Gasteiger partial charge in [-0.15, -0.1) is 11.3 Å². The number of anilines is 1. The van der Waals surface area contributed by atoms with Gasteiger partial charge in [0, 0.05) is 16.5 Å². The SMILES string of the molecule is COc1ccc(/C=N/N2C(c3ccccc3)=Nc3ccccc3C2Nc2nc(C)cs2)cc1. The van der Waals surface area contributed by atoms with E-state index in [1.807, 2.05) is 96.3 Å². The van der Waals surface area contributed by atoms with Gasteiger partial charge in [0.15, 0.2) is 17.1 Å². The summed E-state index contributed by atoms with van der Waals surface area (Å²) in [6, 6.07) is 26.1. The molecule has 1 N–H and O–H groups in total. The first-order valence-electron chi connectivity index (χ1n) is 10.6. The van der Waals surface area contributed by atoms with Crippen LogP contribution >= 0.6 is 11.3 Å². The zero-order valence-electron chi connectivity index (χ0n) is 18.3. The third-order valence-corrected chi connectivity index (χ3v) is 6.17. The van der Waals surface area contributed by atoms with E-state index >= 15 is 0 Å². The minimum absolute atomic E-state index is 0.269. The second-order valence-electron chi connectivity index (χ2n) is 7.56. The van der Waals surface area contributed by atoms with Crippen molar-refractivity contribution < 1.29 is 4.74 Å². The maximum absolute atomic E-state index is 5.27. The molecule has 4 aromatic rings. The molecule has 0 bridgehead atoms. The summed E-state index contributed by atoms with van der Waals surface area (Å²) in [6.07, 6.45) is 1.57. The van der Waals surface area contributed by atoms with Crippen molar-refractivity contribution in [1.82, 2.24) is 9.99 Å². The number of hydrogen-bond acceptors (Lipinski definition) is 7. The van der Waals surface area contributed by atoms with E-state index in [0.29, 0.717) is 0 Å². The number of nitrogens with one attached hydrogen (secondary N) is 1. The smallest absolute Gasteiger partial charge is 0.184 e. The quantitative estimate of drug-likeness (QED) is 0.364. The molecule has 1 aliphatic rings. The third-order valence-electron chi connectivity index (χ3n) is 5.28. The highest BCUT2D eigenvalue weighted by Crippen LogP contribution is 2.37. The number of hydrazone groups is 1. The Morgan fingerprint density at radius 3 is 2.48 bits per heavy atom. The van der Waals surface area contributed by atoms with Crippen LogP contribution in [0.4, 0.5) is 10.8 Å². The van der Waals surface area contributed by atoms with Gasteiger partial charge >= 0.3 is 0 Å². The third kappa shape index (κ3) is 4.49. The molecular formula is C26H23N5OS. The highest BCUT2D eigenvalue weighted by Gasteiger charge is 2.31.